The second-order valence-corrected chi connectivity index (χ2v) is 4.69. The molecule has 0 saturated carbocycles. The second-order valence-electron chi connectivity index (χ2n) is 4.69. The van der Waals surface area contributed by atoms with Crippen molar-refractivity contribution in [3.05, 3.63) is 29.8 Å². The Morgan fingerprint density at radius 3 is 2.81 bits per heavy atom. The first kappa shape index (κ1) is 11.0. The van der Waals surface area contributed by atoms with Gasteiger partial charge in [0.15, 0.2) is 0 Å². The van der Waals surface area contributed by atoms with E-state index in [2.05, 4.69) is 19.9 Å². The summed E-state index contributed by atoms with van der Waals surface area (Å²) < 4.78 is 5.06. The Bertz CT molecular complexity index is 412. The molecular formula is C13H17NO2. The molecule has 0 fully saturated rings. The molecule has 0 saturated heterocycles. The summed E-state index contributed by atoms with van der Waals surface area (Å²) in [6, 6.07) is 8.01. The third kappa shape index (κ3) is 1.66. The van der Waals surface area contributed by atoms with E-state index in [-0.39, 0.29) is 11.5 Å². The van der Waals surface area contributed by atoms with Crippen molar-refractivity contribution in [3.8, 4) is 0 Å². The minimum Gasteiger partial charge on any atom is -0.449 e. The van der Waals surface area contributed by atoms with Gasteiger partial charge >= 0.3 is 6.09 Å². The molecule has 86 valence electrons. The van der Waals surface area contributed by atoms with Gasteiger partial charge in [-0.1, -0.05) is 32.0 Å². The Morgan fingerprint density at radius 1 is 1.44 bits per heavy atom. The van der Waals surface area contributed by atoms with E-state index in [0.29, 0.717) is 13.2 Å². The molecule has 3 heteroatoms. The van der Waals surface area contributed by atoms with Gasteiger partial charge in [-0.3, -0.25) is 4.90 Å². The molecule has 1 aliphatic heterocycles. The summed E-state index contributed by atoms with van der Waals surface area (Å²) in [6.45, 7) is 7.21. The zero-order chi connectivity index (χ0) is 11.8. The fourth-order valence-corrected chi connectivity index (χ4v) is 2.21. The first-order chi connectivity index (χ1) is 7.56. The standard InChI is InChI=1S/C13H17NO2/c1-4-16-12(15)14-9-13(2,3)10-7-5-6-8-11(10)14/h5-8H,4,9H2,1-3H3. The fourth-order valence-electron chi connectivity index (χ4n) is 2.21. The molecule has 1 amide bonds. The molecule has 0 aliphatic carbocycles. The van der Waals surface area contributed by atoms with E-state index in [0.717, 1.165) is 5.69 Å². The Labute approximate surface area is 96.0 Å². The molecule has 1 aliphatic rings. The number of amides is 1. The highest BCUT2D eigenvalue weighted by Gasteiger charge is 2.38. The van der Waals surface area contributed by atoms with Crippen LogP contribution in [0.25, 0.3) is 0 Å². The molecule has 0 radical (unpaired) electrons. The predicted octanol–water partition coefficient (Wildman–Crippen LogP) is 2.94. The first-order valence-electron chi connectivity index (χ1n) is 5.60. The lowest BCUT2D eigenvalue weighted by molar-refractivity contribution is 0.159. The predicted molar refractivity (Wildman–Crippen MR) is 63.8 cm³/mol. The Kier molecular flexibility index (Phi) is 2.62. The van der Waals surface area contributed by atoms with Gasteiger partial charge in [0.25, 0.3) is 0 Å². The zero-order valence-electron chi connectivity index (χ0n) is 9.99. The van der Waals surface area contributed by atoms with Gasteiger partial charge in [0.1, 0.15) is 0 Å². The molecule has 16 heavy (non-hydrogen) atoms. The van der Waals surface area contributed by atoms with Crippen LogP contribution >= 0.6 is 0 Å². The highest BCUT2D eigenvalue weighted by molar-refractivity contribution is 5.91. The lowest BCUT2D eigenvalue weighted by Crippen LogP contribution is -2.34. The van der Waals surface area contributed by atoms with E-state index < -0.39 is 0 Å². The van der Waals surface area contributed by atoms with Crippen LogP contribution in [0.3, 0.4) is 0 Å². The maximum Gasteiger partial charge on any atom is 0.414 e. The van der Waals surface area contributed by atoms with Crippen molar-refractivity contribution in [1.82, 2.24) is 0 Å². The summed E-state index contributed by atoms with van der Waals surface area (Å²) in [6.07, 6.45) is -0.250. The summed E-state index contributed by atoms with van der Waals surface area (Å²) in [5.74, 6) is 0. The summed E-state index contributed by atoms with van der Waals surface area (Å²) in [5, 5.41) is 0. The number of rotatable bonds is 1. The monoisotopic (exact) mass is 219 g/mol. The van der Waals surface area contributed by atoms with E-state index in [4.69, 9.17) is 4.74 Å². The van der Waals surface area contributed by atoms with Gasteiger partial charge in [-0.05, 0) is 18.6 Å². The van der Waals surface area contributed by atoms with Gasteiger partial charge in [-0.15, -0.1) is 0 Å². The van der Waals surface area contributed by atoms with Gasteiger partial charge in [-0.2, -0.15) is 0 Å². The SMILES string of the molecule is CCOC(=O)N1CC(C)(C)c2ccccc21. The first-order valence-corrected chi connectivity index (χ1v) is 5.60. The molecule has 0 spiro atoms. The molecule has 0 unspecified atom stereocenters. The Hall–Kier alpha value is -1.51. The van der Waals surface area contributed by atoms with Crippen LogP contribution in [0.2, 0.25) is 0 Å². The maximum atomic E-state index is 11.8. The van der Waals surface area contributed by atoms with Crippen molar-refractivity contribution in [3.63, 3.8) is 0 Å². The van der Waals surface area contributed by atoms with E-state index in [1.807, 2.05) is 25.1 Å². The van der Waals surface area contributed by atoms with Crippen LogP contribution in [0.15, 0.2) is 24.3 Å². The molecule has 2 rings (SSSR count). The van der Waals surface area contributed by atoms with Crippen LogP contribution in [0.5, 0.6) is 0 Å². The summed E-state index contributed by atoms with van der Waals surface area (Å²) in [5.41, 5.74) is 2.19. The third-order valence-electron chi connectivity index (χ3n) is 2.97. The van der Waals surface area contributed by atoms with Crippen LogP contribution < -0.4 is 4.90 Å². The molecule has 0 aromatic heterocycles. The number of nitrogens with zero attached hydrogens (tertiary/aromatic N) is 1. The second kappa shape index (κ2) is 3.81. The highest BCUT2D eigenvalue weighted by atomic mass is 16.6. The van der Waals surface area contributed by atoms with Crippen molar-refractivity contribution in [2.45, 2.75) is 26.2 Å². The fraction of sp³-hybridized carbons (Fsp3) is 0.462. The molecular weight excluding hydrogens is 202 g/mol. The van der Waals surface area contributed by atoms with Crippen LogP contribution in [-0.4, -0.2) is 19.2 Å². The molecule has 0 atom stereocenters. The van der Waals surface area contributed by atoms with Crippen molar-refractivity contribution in [1.29, 1.82) is 0 Å². The van der Waals surface area contributed by atoms with E-state index in [9.17, 15) is 4.79 Å². The summed E-state index contributed by atoms with van der Waals surface area (Å²) >= 11 is 0. The van der Waals surface area contributed by atoms with Crippen LogP contribution in [0.1, 0.15) is 26.3 Å². The molecule has 3 nitrogen and oxygen atoms in total. The van der Waals surface area contributed by atoms with Gasteiger partial charge in [0.05, 0.1) is 12.3 Å². The average molecular weight is 219 g/mol. The lowest BCUT2D eigenvalue weighted by Gasteiger charge is -2.20. The van der Waals surface area contributed by atoms with Gasteiger partial charge in [-0.25, -0.2) is 4.79 Å². The van der Waals surface area contributed by atoms with Crippen molar-refractivity contribution >= 4 is 11.8 Å². The maximum absolute atomic E-state index is 11.8. The highest BCUT2D eigenvalue weighted by Crippen LogP contribution is 2.40. The topological polar surface area (TPSA) is 29.5 Å². The van der Waals surface area contributed by atoms with Gasteiger partial charge < -0.3 is 4.74 Å². The normalized spacial score (nSPS) is 17.1. The number of hydrogen-bond acceptors (Lipinski definition) is 2. The number of para-hydroxylation sites is 1. The summed E-state index contributed by atoms with van der Waals surface area (Å²) in [4.78, 5) is 13.5. The van der Waals surface area contributed by atoms with Crippen LogP contribution in [0, 0.1) is 0 Å². The molecule has 1 aromatic carbocycles. The summed E-state index contributed by atoms with van der Waals surface area (Å²) in [7, 11) is 0. The smallest absolute Gasteiger partial charge is 0.414 e. The van der Waals surface area contributed by atoms with E-state index in [1.54, 1.807) is 4.90 Å². The number of fused-ring (bicyclic) bond motifs is 1. The van der Waals surface area contributed by atoms with Crippen LogP contribution in [-0.2, 0) is 10.2 Å². The van der Waals surface area contributed by atoms with Crippen molar-refractivity contribution < 1.29 is 9.53 Å². The zero-order valence-corrected chi connectivity index (χ0v) is 9.99. The average Bonchev–Trinajstić information content (AvgIpc) is 2.52. The van der Waals surface area contributed by atoms with Crippen molar-refractivity contribution in [2.75, 3.05) is 18.1 Å². The number of benzene rings is 1. The number of anilines is 1. The minimum absolute atomic E-state index is 0.00333. The number of carbonyl (C=O) groups excluding carboxylic acids is 1. The van der Waals surface area contributed by atoms with Gasteiger partial charge in [0.2, 0.25) is 0 Å². The minimum atomic E-state index is -0.250. The Balaban J connectivity index is 2.37. The number of ether oxygens (including phenoxy) is 1. The van der Waals surface area contributed by atoms with E-state index in [1.165, 1.54) is 5.56 Å². The Morgan fingerprint density at radius 2 is 2.12 bits per heavy atom. The lowest BCUT2D eigenvalue weighted by atomic mass is 9.87. The molecule has 0 N–H and O–H groups in total. The van der Waals surface area contributed by atoms with Crippen LogP contribution in [0.4, 0.5) is 10.5 Å². The molecule has 1 heterocycles. The molecule has 1 aromatic rings. The molecule has 0 bridgehead atoms. The number of carbonyl (C=O) groups is 1. The quantitative estimate of drug-likeness (QED) is 0.726. The number of hydrogen-bond donors (Lipinski definition) is 0. The largest absolute Gasteiger partial charge is 0.449 e. The van der Waals surface area contributed by atoms with Gasteiger partial charge in [0, 0.05) is 12.0 Å². The van der Waals surface area contributed by atoms with Crippen molar-refractivity contribution in [2.24, 2.45) is 0 Å². The third-order valence-corrected chi connectivity index (χ3v) is 2.97. The van der Waals surface area contributed by atoms with E-state index >= 15 is 0 Å².